The third kappa shape index (κ3) is 4.99. The van der Waals surface area contributed by atoms with Gasteiger partial charge in [0.1, 0.15) is 0 Å². The number of halogens is 1. The quantitative estimate of drug-likeness (QED) is 0.824. The second kappa shape index (κ2) is 8.72. The van der Waals surface area contributed by atoms with E-state index < -0.39 is 10.0 Å². The van der Waals surface area contributed by atoms with Crippen molar-refractivity contribution in [3.63, 3.8) is 0 Å². The maximum absolute atomic E-state index is 12.7. The molecule has 1 aliphatic heterocycles. The minimum atomic E-state index is -3.48. The molecule has 0 unspecified atom stereocenters. The number of carbonyl (C=O) groups is 1. The molecule has 3 rings (SSSR count). The summed E-state index contributed by atoms with van der Waals surface area (Å²) >= 11 is 5.84. The van der Waals surface area contributed by atoms with Crippen LogP contribution >= 0.6 is 11.6 Å². The number of nitrogens with zero attached hydrogens (tertiary/aromatic N) is 1. The lowest BCUT2D eigenvalue weighted by Crippen LogP contribution is -2.41. The molecule has 144 valence electrons. The molecule has 1 heterocycles. The largest absolute Gasteiger partial charge is 0.353 e. The van der Waals surface area contributed by atoms with Crippen molar-refractivity contribution in [3.8, 4) is 0 Å². The van der Waals surface area contributed by atoms with E-state index in [9.17, 15) is 13.2 Å². The zero-order chi connectivity index (χ0) is 18.6. The van der Waals surface area contributed by atoms with E-state index >= 15 is 0 Å². The second-order valence-electron chi connectivity index (χ2n) is 7.41. The standard InChI is InChI=1S/C19H27ClN2O3S/c20-16-6-8-18(9-7-16)26(24,25)22-12-10-15(11-13-22)14-19(23)21-17-4-2-1-3-5-17/h6-9,15,17H,1-5,10-14H2,(H,21,23). The summed E-state index contributed by atoms with van der Waals surface area (Å²) in [5.41, 5.74) is 0. The van der Waals surface area contributed by atoms with E-state index in [1.54, 1.807) is 24.3 Å². The lowest BCUT2D eigenvalue weighted by Gasteiger charge is -2.31. The first-order valence-corrected chi connectivity index (χ1v) is 11.3. The van der Waals surface area contributed by atoms with Gasteiger partial charge in [0, 0.05) is 30.6 Å². The third-order valence-electron chi connectivity index (χ3n) is 5.47. The summed E-state index contributed by atoms with van der Waals surface area (Å²) in [6.07, 6.45) is 7.80. The summed E-state index contributed by atoms with van der Waals surface area (Å²) in [6, 6.07) is 6.61. The van der Waals surface area contributed by atoms with E-state index in [0.29, 0.717) is 30.6 Å². The van der Waals surface area contributed by atoms with Crippen LogP contribution in [0.2, 0.25) is 5.02 Å². The molecule has 1 aromatic rings. The van der Waals surface area contributed by atoms with Crippen LogP contribution in [-0.4, -0.2) is 37.8 Å². The number of amides is 1. The van der Waals surface area contributed by atoms with Crippen LogP contribution < -0.4 is 5.32 Å². The summed E-state index contributed by atoms with van der Waals surface area (Å²) < 4.78 is 26.9. The van der Waals surface area contributed by atoms with Crippen LogP contribution in [0.3, 0.4) is 0 Å². The molecule has 1 amide bonds. The fourth-order valence-corrected chi connectivity index (χ4v) is 5.50. The Morgan fingerprint density at radius 2 is 1.65 bits per heavy atom. The monoisotopic (exact) mass is 398 g/mol. The van der Waals surface area contributed by atoms with Crippen LogP contribution in [0, 0.1) is 5.92 Å². The molecule has 1 aromatic carbocycles. The average Bonchev–Trinajstić information content (AvgIpc) is 2.63. The number of benzene rings is 1. The van der Waals surface area contributed by atoms with Crippen LogP contribution in [0.4, 0.5) is 0 Å². The van der Waals surface area contributed by atoms with Crippen molar-refractivity contribution < 1.29 is 13.2 Å². The van der Waals surface area contributed by atoms with Crippen molar-refractivity contribution >= 4 is 27.5 Å². The van der Waals surface area contributed by atoms with Crippen molar-refractivity contribution in [2.45, 2.75) is 62.3 Å². The van der Waals surface area contributed by atoms with Crippen molar-refractivity contribution in [2.75, 3.05) is 13.1 Å². The molecule has 0 spiro atoms. The minimum absolute atomic E-state index is 0.121. The van der Waals surface area contributed by atoms with Crippen LogP contribution in [0.25, 0.3) is 0 Å². The van der Waals surface area contributed by atoms with Gasteiger partial charge in [0.05, 0.1) is 4.90 Å². The third-order valence-corrected chi connectivity index (χ3v) is 7.63. The van der Waals surface area contributed by atoms with Crippen LogP contribution in [0.1, 0.15) is 51.4 Å². The van der Waals surface area contributed by atoms with Gasteiger partial charge in [-0.05, 0) is 55.9 Å². The predicted octanol–water partition coefficient (Wildman–Crippen LogP) is 3.58. The Balaban J connectivity index is 1.49. The van der Waals surface area contributed by atoms with Crippen LogP contribution in [0.15, 0.2) is 29.2 Å². The highest BCUT2D eigenvalue weighted by Crippen LogP contribution is 2.26. The van der Waals surface area contributed by atoms with Gasteiger partial charge < -0.3 is 5.32 Å². The first-order valence-electron chi connectivity index (χ1n) is 9.50. The van der Waals surface area contributed by atoms with Gasteiger partial charge in [0.25, 0.3) is 0 Å². The molecule has 0 atom stereocenters. The molecular weight excluding hydrogens is 372 g/mol. The Hall–Kier alpha value is -1.11. The molecule has 26 heavy (non-hydrogen) atoms. The van der Waals surface area contributed by atoms with Crippen molar-refractivity contribution in [3.05, 3.63) is 29.3 Å². The maximum atomic E-state index is 12.7. The van der Waals surface area contributed by atoms with Gasteiger partial charge in [-0.3, -0.25) is 4.79 Å². The summed E-state index contributed by atoms with van der Waals surface area (Å²) in [5, 5.41) is 3.68. The predicted molar refractivity (Wildman–Crippen MR) is 103 cm³/mol. The molecule has 7 heteroatoms. The molecule has 5 nitrogen and oxygen atoms in total. The Morgan fingerprint density at radius 1 is 1.04 bits per heavy atom. The number of piperidine rings is 1. The fraction of sp³-hybridized carbons (Fsp3) is 0.632. The SMILES string of the molecule is O=C(CC1CCN(S(=O)(=O)c2ccc(Cl)cc2)CC1)NC1CCCCC1. The van der Waals surface area contributed by atoms with Gasteiger partial charge in [-0.15, -0.1) is 0 Å². The Labute approximate surface area is 161 Å². The molecule has 2 fully saturated rings. The van der Waals surface area contributed by atoms with Crippen LogP contribution in [0.5, 0.6) is 0 Å². The van der Waals surface area contributed by atoms with Gasteiger partial charge in [0.2, 0.25) is 15.9 Å². The number of hydrogen-bond acceptors (Lipinski definition) is 3. The number of sulfonamides is 1. The van der Waals surface area contributed by atoms with Gasteiger partial charge in [-0.25, -0.2) is 8.42 Å². The number of carbonyl (C=O) groups excluding carboxylic acids is 1. The van der Waals surface area contributed by atoms with Gasteiger partial charge >= 0.3 is 0 Å². The smallest absolute Gasteiger partial charge is 0.243 e. The van der Waals surface area contributed by atoms with E-state index in [4.69, 9.17) is 11.6 Å². The van der Waals surface area contributed by atoms with E-state index in [1.807, 2.05) is 0 Å². The summed E-state index contributed by atoms with van der Waals surface area (Å²) in [7, 11) is -3.48. The van der Waals surface area contributed by atoms with Crippen molar-refractivity contribution in [1.29, 1.82) is 0 Å². The Bertz CT molecular complexity index is 707. The fourth-order valence-electron chi connectivity index (χ4n) is 3.91. The molecule has 1 aliphatic carbocycles. The number of hydrogen-bond donors (Lipinski definition) is 1. The zero-order valence-corrected chi connectivity index (χ0v) is 16.6. The summed E-state index contributed by atoms with van der Waals surface area (Å²) in [6.45, 7) is 0.929. The highest BCUT2D eigenvalue weighted by atomic mass is 35.5. The zero-order valence-electron chi connectivity index (χ0n) is 15.0. The van der Waals surface area contributed by atoms with Crippen molar-refractivity contribution in [1.82, 2.24) is 9.62 Å². The van der Waals surface area contributed by atoms with Crippen molar-refractivity contribution in [2.24, 2.45) is 5.92 Å². The molecule has 1 N–H and O–H groups in total. The maximum Gasteiger partial charge on any atom is 0.243 e. The topological polar surface area (TPSA) is 66.5 Å². The Kier molecular flexibility index (Phi) is 6.59. The molecule has 1 saturated heterocycles. The first-order chi connectivity index (χ1) is 12.4. The molecular formula is C19H27ClN2O3S. The highest BCUT2D eigenvalue weighted by molar-refractivity contribution is 7.89. The summed E-state index contributed by atoms with van der Waals surface area (Å²) in [4.78, 5) is 12.5. The van der Waals surface area contributed by atoms with Gasteiger partial charge in [0.15, 0.2) is 0 Å². The minimum Gasteiger partial charge on any atom is -0.353 e. The molecule has 2 aliphatic rings. The molecule has 0 bridgehead atoms. The summed E-state index contributed by atoms with van der Waals surface area (Å²) in [5.74, 6) is 0.381. The normalized spacial score (nSPS) is 20.8. The highest BCUT2D eigenvalue weighted by Gasteiger charge is 2.30. The molecule has 0 radical (unpaired) electrons. The van der Waals surface area contributed by atoms with E-state index in [-0.39, 0.29) is 16.7 Å². The van der Waals surface area contributed by atoms with E-state index in [1.165, 1.54) is 23.6 Å². The second-order valence-corrected chi connectivity index (χ2v) is 9.78. The molecule has 1 saturated carbocycles. The van der Waals surface area contributed by atoms with E-state index in [2.05, 4.69) is 5.32 Å². The lowest BCUT2D eigenvalue weighted by molar-refractivity contribution is -0.123. The number of rotatable bonds is 5. The Morgan fingerprint density at radius 3 is 2.27 bits per heavy atom. The molecule has 0 aromatic heterocycles. The van der Waals surface area contributed by atoms with Gasteiger partial charge in [-0.2, -0.15) is 4.31 Å². The lowest BCUT2D eigenvalue weighted by atomic mass is 9.92. The number of nitrogens with one attached hydrogen (secondary N) is 1. The van der Waals surface area contributed by atoms with Crippen LogP contribution in [-0.2, 0) is 14.8 Å². The first kappa shape index (κ1) is 19.6. The van der Waals surface area contributed by atoms with E-state index in [0.717, 1.165) is 25.7 Å². The van der Waals surface area contributed by atoms with Gasteiger partial charge in [-0.1, -0.05) is 30.9 Å². The average molecular weight is 399 g/mol.